The second-order valence-corrected chi connectivity index (χ2v) is 8.42. The van der Waals surface area contributed by atoms with Crippen molar-refractivity contribution in [3.63, 3.8) is 0 Å². The Bertz CT molecular complexity index is 1310. The second kappa shape index (κ2) is 9.95. The lowest BCUT2D eigenvalue weighted by atomic mass is 10.1. The van der Waals surface area contributed by atoms with E-state index in [4.69, 9.17) is 4.74 Å². The minimum Gasteiger partial charge on any atom is -0.484 e. The molecule has 0 radical (unpaired) electrons. The van der Waals surface area contributed by atoms with Crippen molar-refractivity contribution in [3.8, 4) is 11.4 Å². The molecule has 176 valence electrons. The van der Waals surface area contributed by atoms with Crippen LogP contribution in [0.3, 0.4) is 0 Å². The number of hydrogen-bond acceptors (Lipinski definition) is 5. The lowest BCUT2D eigenvalue weighted by Crippen LogP contribution is -2.21. The van der Waals surface area contributed by atoms with Gasteiger partial charge in [0.05, 0.1) is 5.69 Å². The van der Waals surface area contributed by atoms with E-state index < -0.39 is 0 Å². The summed E-state index contributed by atoms with van der Waals surface area (Å²) >= 11 is 0. The zero-order valence-corrected chi connectivity index (χ0v) is 20.4. The Morgan fingerprint density at radius 2 is 1.56 bits per heavy atom. The summed E-state index contributed by atoms with van der Waals surface area (Å²) in [5.41, 5.74) is 7.48. The van der Waals surface area contributed by atoms with Crippen LogP contribution in [0.1, 0.15) is 30.5 Å². The van der Waals surface area contributed by atoms with E-state index >= 15 is 0 Å². The Morgan fingerprint density at radius 1 is 0.882 bits per heavy atom. The summed E-state index contributed by atoms with van der Waals surface area (Å²) in [6, 6.07) is 17.8. The van der Waals surface area contributed by atoms with E-state index in [0.717, 1.165) is 35.4 Å². The number of amides is 1. The summed E-state index contributed by atoms with van der Waals surface area (Å²) < 4.78 is 5.66. The third-order valence-electron chi connectivity index (χ3n) is 6.06. The average molecular weight is 458 g/mol. The van der Waals surface area contributed by atoms with Gasteiger partial charge in [-0.3, -0.25) is 4.79 Å². The quantitative estimate of drug-likeness (QED) is 0.393. The molecule has 0 spiro atoms. The molecule has 3 aromatic carbocycles. The van der Waals surface area contributed by atoms with Crippen LogP contribution >= 0.6 is 0 Å². The number of nitrogens with one attached hydrogen (secondary N) is 1. The number of benzene rings is 3. The van der Waals surface area contributed by atoms with Crippen molar-refractivity contribution in [2.45, 2.75) is 34.6 Å². The van der Waals surface area contributed by atoms with Gasteiger partial charge in [-0.1, -0.05) is 6.07 Å². The maximum Gasteiger partial charge on any atom is 0.262 e. The predicted octanol–water partition coefficient (Wildman–Crippen LogP) is 5.21. The monoisotopic (exact) mass is 457 g/mol. The molecule has 1 amide bonds. The largest absolute Gasteiger partial charge is 0.484 e. The van der Waals surface area contributed by atoms with Crippen molar-refractivity contribution in [2.75, 3.05) is 29.9 Å². The first-order valence-corrected chi connectivity index (χ1v) is 11.6. The van der Waals surface area contributed by atoms with Crippen LogP contribution in [-0.4, -0.2) is 40.6 Å². The minimum atomic E-state index is -0.222. The molecular weight excluding hydrogens is 426 g/mol. The van der Waals surface area contributed by atoms with Crippen molar-refractivity contribution in [2.24, 2.45) is 0 Å². The molecule has 4 aromatic rings. The maximum absolute atomic E-state index is 12.5. The van der Waals surface area contributed by atoms with Gasteiger partial charge >= 0.3 is 0 Å². The van der Waals surface area contributed by atoms with Crippen LogP contribution < -0.4 is 15.0 Å². The molecular formula is C27H31N5O2. The number of hydrogen-bond donors (Lipinski definition) is 1. The first-order chi connectivity index (χ1) is 16.4. The lowest BCUT2D eigenvalue weighted by molar-refractivity contribution is -0.118. The molecule has 0 atom stereocenters. The van der Waals surface area contributed by atoms with Gasteiger partial charge < -0.3 is 15.0 Å². The summed E-state index contributed by atoms with van der Waals surface area (Å²) in [6.45, 7) is 12.2. The Morgan fingerprint density at radius 3 is 2.21 bits per heavy atom. The molecule has 0 bridgehead atoms. The van der Waals surface area contributed by atoms with Crippen LogP contribution in [0.4, 0.5) is 11.4 Å². The Hall–Kier alpha value is -3.87. The molecule has 0 aliphatic carbocycles. The fourth-order valence-electron chi connectivity index (χ4n) is 3.84. The number of rotatable bonds is 8. The van der Waals surface area contributed by atoms with Gasteiger partial charge in [0.25, 0.3) is 5.91 Å². The number of aromatic nitrogens is 3. The first kappa shape index (κ1) is 23.3. The van der Waals surface area contributed by atoms with E-state index in [1.165, 1.54) is 11.3 Å². The normalized spacial score (nSPS) is 11.0. The van der Waals surface area contributed by atoms with Crippen molar-refractivity contribution < 1.29 is 9.53 Å². The molecule has 0 saturated heterocycles. The van der Waals surface area contributed by atoms with Crippen LogP contribution in [0.25, 0.3) is 16.7 Å². The van der Waals surface area contributed by atoms with Crippen LogP contribution in [0.5, 0.6) is 5.75 Å². The summed E-state index contributed by atoms with van der Waals surface area (Å²) in [5.74, 6) is 0.459. The highest BCUT2D eigenvalue weighted by Crippen LogP contribution is 2.23. The zero-order valence-electron chi connectivity index (χ0n) is 20.4. The molecule has 0 unspecified atom stereocenters. The molecule has 0 saturated carbocycles. The number of nitrogens with zero attached hydrogens (tertiary/aromatic N) is 4. The third-order valence-corrected chi connectivity index (χ3v) is 6.06. The van der Waals surface area contributed by atoms with Crippen LogP contribution in [-0.2, 0) is 4.79 Å². The number of aryl methyl sites for hydroxylation is 3. The van der Waals surface area contributed by atoms with E-state index in [2.05, 4.69) is 46.4 Å². The van der Waals surface area contributed by atoms with Crippen LogP contribution in [0.15, 0.2) is 54.6 Å². The third kappa shape index (κ3) is 5.03. The summed E-state index contributed by atoms with van der Waals surface area (Å²) in [4.78, 5) is 16.4. The molecule has 1 N–H and O–H groups in total. The molecule has 0 aliphatic rings. The molecule has 7 nitrogen and oxygen atoms in total. The van der Waals surface area contributed by atoms with Crippen molar-refractivity contribution >= 4 is 28.3 Å². The SMILES string of the molecule is CCN(CC)c1ccc(-n2nc3cc(C)c(NC(=O)COc4ccc(C)c(C)c4)cc3n2)cc1. The number of anilines is 2. The fourth-order valence-corrected chi connectivity index (χ4v) is 3.84. The van der Waals surface area contributed by atoms with E-state index in [-0.39, 0.29) is 12.5 Å². The van der Waals surface area contributed by atoms with E-state index in [9.17, 15) is 4.79 Å². The predicted molar refractivity (Wildman–Crippen MR) is 137 cm³/mol. The van der Waals surface area contributed by atoms with Gasteiger partial charge in [-0.25, -0.2) is 0 Å². The molecule has 7 heteroatoms. The highest BCUT2D eigenvalue weighted by Gasteiger charge is 2.12. The smallest absolute Gasteiger partial charge is 0.262 e. The van der Waals surface area contributed by atoms with Crippen molar-refractivity contribution in [1.82, 2.24) is 15.0 Å². The van der Waals surface area contributed by atoms with Gasteiger partial charge in [-0.15, -0.1) is 10.2 Å². The molecule has 34 heavy (non-hydrogen) atoms. The lowest BCUT2D eigenvalue weighted by Gasteiger charge is -2.20. The second-order valence-electron chi connectivity index (χ2n) is 8.42. The number of ether oxygens (including phenoxy) is 1. The van der Waals surface area contributed by atoms with Crippen molar-refractivity contribution in [1.29, 1.82) is 0 Å². The van der Waals surface area contributed by atoms with Gasteiger partial charge in [0, 0.05) is 24.5 Å². The highest BCUT2D eigenvalue weighted by molar-refractivity contribution is 5.95. The zero-order chi connectivity index (χ0) is 24.2. The van der Waals surface area contributed by atoms with Gasteiger partial charge in [0.15, 0.2) is 6.61 Å². The molecule has 1 aromatic heterocycles. The number of fused-ring (bicyclic) bond motifs is 1. The number of carbonyl (C=O) groups is 1. The molecule has 4 rings (SSSR count). The summed E-state index contributed by atoms with van der Waals surface area (Å²) in [7, 11) is 0. The molecule has 0 fully saturated rings. The van der Waals surface area contributed by atoms with E-state index in [1.807, 2.05) is 63.2 Å². The van der Waals surface area contributed by atoms with Gasteiger partial charge in [0.2, 0.25) is 0 Å². The standard InChI is InChI=1S/C27H31N5O2/c1-6-31(7-2)21-9-11-22(12-10-21)32-29-25-15-20(5)24(16-26(25)30-32)28-27(33)17-34-23-13-8-18(3)19(4)14-23/h8-16H,6-7,17H2,1-5H3,(H,28,33). The van der Waals surface area contributed by atoms with Gasteiger partial charge in [-0.2, -0.15) is 4.80 Å². The minimum absolute atomic E-state index is 0.0639. The Balaban J connectivity index is 1.47. The molecule has 1 heterocycles. The van der Waals surface area contributed by atoms with E-state index in [0.29, 0.717) is 17.0 Å². The van der Waals surface area contributed by atoms with Crippen molar-refractivity contribution in [3.05, 3.63) is 71.3 Å². The first-order valence-electron chi connectivity index (χ1n) is 11.6. The average Bonchev–Trinajstić information content (AvgIpc) is 3.24. The molecule has 0 aliphatic heterocycles. The topological polar surface area (TPSA) is 72.3 Å². The Labute approximate surface area is 200 Å². The Kier molecular flexibility index (Phi) is 6.82. The number of carbonyl (C=O) groups excluding carboxylic acids is 1. The maximum atomic E-state index is 12.5. The highest BCUT2D eigenvalue weighted by atomic mass is 16.5. The van der Waals surface area contributed by atoms with Gasteiger partial charge in [-0.05, 0) is 99.8 Å². The summed E-state index contributed by atoms with van der Waals surface area (Å²) in [6.07, 6.45) is 0. The van der Waals surface area contributed by atoms with Crippen LogP contribution in [0.2, 0.25) is 0 Å². The van der Waals surface area contributed by atoms with Crippen LogP contribution in [0, 0.1) is 20.8 Å². The van der Waals surface area contributed by atoms with E-state index in [1.54, 1.807) is 4.80 Å². The summed E-state index contributed by atoms with van der Waals surface area (Å²) in [5, 5.41) is 12.2. The van der Waals surface area contributed by atoms with Gasteiger partial charge in [0.1, 0.15) is 16.8 Å². The fraction of sp³-hybridized carbons (Fsp3) is 0.296.